The smallest absolute Gasteiger partial charge is 0.254 e. The van der Waals surface area contributed by atoms with Crippen molar-refractivity contribution in [2.24, 2.45) is 0 Å². The van der Waals surface area contributed by atoms with Gasteiger partial charge >= 0.3 is 0 Å². The third kappa shape index (κ3) is 4.32. The lowest BCUT2D eigenvalue weighted by Gasteiger charge is -2.21. The molecule has 2 aromatic carbocycles. The average molecular weight is 367 g/mol. The zero-order chi connectivity index (χ0) is 15.4. The van der Waals surface area contributed by atoms with Gasteiger partial charge in [-0.15, -0.1) is 0 Å². The second-order valence-corrected chi connectivity index (χ2v) is 6.32. The first-order valence-corrected chi connectivity index (χ1v) is 7.97. The predicted molar refractivity (Wildman–Crippen MR) is 90.7 cm³/mol. The van der Waals surface area contributed by atoms with Gasteiger partial charge in [-0.25, -0.2) is 0 Å². The minimum absolute atomic E-state index is 0.0295. The highest BCUT2D eigenvalue weighted by atomic mass is 79.9. The lowest BCUT2D eigenvalue weighted by atomic mass is 10.1. The molecular weight excluding hydrogens is 350 g/mol. The van der Waals surface area contributed by atoms with E-state index in [9.17, 15) is 4.79 Å². The third-order valence-corrected chi connectivity index (χ3v) is 3.91. The van der Waals surface area contributed by atoms with Gasteiger partial charge in [-0.05, 0) is 55.3 Å². The minimum atomic E-state index is 0.0295. The number of nitrogens with zero attached hydrogens (tertiary/aromatic N) is 1. The molecule has 0 heterocycles. The van der Waals surface area contributed by atoms with Gasteiger partial charge in [0.1, 0.15) is 0 Å². The van der Waals surface area contributed by atoms with Crippen LogP contribution in [-0.4, -0.2) is 17.4 Å². The van der Waals surface area contributed by atoms with Crippen LogP contribution in [0.25, 0.3) is 0 Å². The maximum absolute atomic E-state index is 12.6. The van der Waals surface area contributed by atoms with Gasteiger partial charge in [-0.2, -0.15) is 0 Å². The molecule has 2 nitrogen and oxygen atoms in total. The summed E-state index contributed by atoms with van der Waals surface area (Å²) < 4.78 is 0.921. The summed E-state index contributed by atoms with van der Waals surface area (Å²) in [6.45, 7) is 5.17. The van der Waals surface area contributed by atoms with E-state index in [1.54, 1.807) is 0 Å². The number of rotatable bonds is 4. The molecule has 110 valence electrons. The Hall–Kier alpha value is -1.32. The molecule has 0 N–H and O–H groups in total. The number of carbonyl (C=O) groups excluding carboxylic acids is 1. The van der Waals surface area contributed by atoms with E-state index in [-0.39, 0.29) is 5.91 Å². The van der Waals surface area contributed by atoms with E-state index in [4.69, 9.17) is 11.6 Å². The summed E-state index contributed by atoms with van der Waals surface area (Å²) in [5, 5.41) is 0.689. The summed E-state index contributed by atoms with van der Waals surface area (Å²) in [7, 11) is 0. The first-order chi connectivity index (χ1) is 9.99. The average Bonchev–Trinajstić information content (AvgIpc) is 2.43. The van der Waals surface area contributed by atoms with Gasteiger partial charge in [0, 0.05) is 28.1 Å². The molecule has 0 radical (unpaired) electrons. The SMILES string of the molecule is CCN(Cc1cccc(Cl)c1)C(=O)c1cc(C)cc(Br)c1. The Kier molecular flexibility index (Phi) is 5.43. The molecule has 0 unspecified atom stereocenters. The molecule has 0 bridgehead atoms. The molecule has 4 heteroatoms. The summed E-state index contributed by atoms with van der Waals surface area (Å²) in [5.41, 5.74) is 2.79. The van der Waals surface area contributed by atoms with Crippen LogP contribution in [0.5, 0.6) is 0 Å². The van der Waals surface area contributed by atoms with Crippen LogP contribution in [0.1, 0.15) is 28.4 Å². The van der Waals surface area contributed by atoms with Gasteiger partial charge in [0.25, 0.3) is 5.91 Å². The molecule has 0 aliphatic carbocycles. The van der Waals surface area contributed by atoms with Crippen LogP contribution < -0.4 is 0 Å². The molecule has 0 aliphatic rings. The third-order valence-electron chi connectivity index (χ3n) is 3.22. The molecule has 0 saturated carbocycles. The van der Waals surface area contributed by atoms with Crippen molar-refractivity contribution in [3.63, 3.8) is 0 Å². The number of halogens is 2. The highest BCUT2D eigenvalue weighted by molar-refractivity contribution is 9.10. The highest BCUT2D eigenvalue weighted by Gasteiger charge is 2.15. The quantitative estimate of drug-likeness (QED) is 0.739. The number of carbonyl (C=O) groups is 1. The van der Waals surface area contributed by atoms with Gasteiger partial charge in [-0.3, -0.25) is 4.79 Å². The van der Waals surface area contributed by atoms with Gasteiger partial charge in [0.2, 0.25) is 0 Å². The Labute approximate surface area is 138 Å². The largest absolute Gasteiger partial charge is 0.335 e. The number of aryl methyl sites for hydroxylation is 1. The molecule has 0 fully saturated rings. The lowest BCUT2D eigenvalue weighted by Crippen LogP contribution is -2.30. The molecule has 0 atom stereocenters. The molecule has 21 heavy (non-hydrogen) atoms. The predicted octanol–water partition coefficient (Wildman–Crippen LogP) is 5.07. The number of hydrogen-bond acceptors (Lipinski definition) is 1. The van der Waals surface area contributed by atoms with E-state index in [1.165, 1.54) is 0 Å². The summed E-state index contributed by atoms with van der Waals surface area (Å²) >= 11 is 9.44. The van der Waals surface area contributed by atoms with Gasteiger partial charge in [0.15, 0.2) is 0 Å². The van der Waals surface area contributed by atoms with Crippen molar-refractivity contribution in [3.05, 3.63) is 68.7 Å². The van der Waals surface area contributed by atoms with Crippen molar-refractivity contribution >= 4 is 33.4 Å². The van der Waals surface area contributed by atoms with Gasteiger partial charge in [-0.1, -0.05) is 39.7 Å². The first kappa shape index (κ1) is 16.1. The second-order valence-electron chi connectivity index (χ2n) is 4.97. The van der Waals surface area contributed by atoms with Crippen molar-refractivity contribution in [1.82, 2.24) is 4.90 Å². The Morgan fingerprint density at radius 2 is 2.00 bits per heavy atom. The van der Waals surface area contributed by atoms with Crippen LogP contribution in [-0.2, 0) is 6.54 Å². The van der Waals surface area contributed by atoms with Crippen molar-refractivity contribution in [2.45, 2.75) is 20.4 Å². The molecule has 1 amide bonds. The van der Waals surface area contributed by atoms with E-state index in [0.717, 1.165) is 15.6 Å². The van der Waals surface area contributed by atoms with E-state index < -0.39 is 0 Å². The maximum atomic E-state index is 12.6. The molecule has 0 spiro atoms. The molecular formula is C17H17BrClNO. The molecule has 2 aromatic rings. The fourth-order valence-corrected chi connectivity index (χ4v) is 3.05. The van der Waals surface area contributed by atoms with Crippen molar-refractivity contribution in [1.29, 1.82) is 0 Å². The van der Waals surface area contributed by atoms with Crippen LogP contribution in [0.15, 0.2) is 46.9 Å². The fourth-order valence-electron chi connectivity index (χ4n) is 2.23. The Balaban J connectivity index is 2.22. The number of amides is 1. The maximum Gasteiger partial charge on any atom is 0.254 e. The van der Waals surface area contributed by atoms with Crippen molar-refractivity contribution < 1.29 is 4.79 Å². The van der Waals surface area contributed by atoms with Gasteiger partial charge in [0.05, 0.1) is 0 Å². The highest BCUT2D eigenvalue weighted by Crippen LogP contribution is 2.18. The standard InChI is InChI=1S/C17H17BrClNO/c1-3-20(11-13-5-4-6-16(19)9-13)17(21)14-7-12(2)8-15(18)10-14/h4-10H,3,11H2,1-2H3. The van der Waals surface area contributed by atoms with E-state index in [2.05, 4.69) is 15.9 Å². The fraction of sp³-hybridized carbons (Fsp3) is 0.235. The van der Waals surface area contributed by atoms with E-state index >= 15 is 0 Å². The van der Waals surface area contributed by atoms with Crippen molar-refractivity contribution in [3.8, 4) is 0 Å². The number of benzene rings is 2. The normalized spacial score (nSPS) is 10.5. The summed E-state index contributed by atoms with van der Waals surface area (Å²) in [5.74, 6) is 0.0295. The number of hydrogen-bond donors (Lipinski definition) is 0. The first-order valence-electron chi connectivity index (χ1n) is 6.80. The Morgan fingerprint density at radius 1 is 1.24 bits per heavy atom. The van der Waals surface area contributed by atoms with Crippen LogP contribution in [0, 0.1) is 6.92 Å². The topological polar surface area (TPSA) is 20.3 Å². The Bertz CT molecular complexity index is 637. The summed E-state index contributed by atoms with van der Waals surface area (Å²) in [6, 6.07) is 13.4. The molecule has 2 rings (SSSR count). The second kappa shape index (κ2) is 7.10. The lowest BCUT2D eigenvalue weighted by molar-refractivity contribution is 0.0752. The molecule has 0 aromatic heterocycles. The zero-order valence-corrected chi connectivity index (χ0v) is 14.4. The molecule has 0 aliphatic heterocycles. The van der Waals surface area contributed by atoms with Crippen LogP contribution in [0.4, 0.5) is 0 Å². The Morgan fingerprint density at radius 3 is 2.62 bits per heavy atom. The van der Waals surface area contributed by atoms with Crippen molar-refractivity contribution in [2.75, 3.05) is 6.54 Å². The monoisotopic (exact) mass is 365 g/mol. The minimum Gasteiger partial charge on any atom is -0.335 e. The molecule has 0 saturated heterocycles. The summed E-state index contributed by atoms with van der Waals surface area (Å²) in [6.07, 6.45) is 0. The van der Waals surface area contributed by atoms with Crippen LogP contribution >= 0.6 is 27.5 Å². The van der Waals surface area contributed by atoms with E-state index in [0.29, 0.717) is 23.7 Å². The van der Waals surface area contributed by atoms with Gasteiger partial charge < -0.3 is 4.90 Å². The van der Waals surface area contributed by atoms with Crippen LogP contribution in [0.3, 0.4) is 0 Å². The summed E-state index contributed by atoms with van der Waals surface area (Å²) in [4.78, 5) is 14.5. The van der Waals surface area contributed by atoms with Crippen LogP contribution in [0.2, 0.25) is 5.02 Å². The van der Waals surface area contributed by atoms with E-state index in [1.807, 2.05) is 61.2 Å². The zero-order valence-electron chi connectivity index (χ0n) is 12.1.